The molecule has 0 radical (unpaired) electrons. The van der Waals surface area contributed by atoms with Crippen molar-refractivity contribution in [1.82, 2.24) is 15.5 Å². The van der Waals surface area contributed by atoms with E-state index in [0.29, 0.717) is 0 Å². The van der Waals surface area contributed by atoms with Gasteiger partial charge in [0.05, 0.1) is 6.04 Å². The smallest absolute Gasteiger partial charge is 0.245 e. The van der Waals surface area contributed by atoms with E-state index in [-0.39, 0.29) is 42.3 Å². The second-order valence-corrected chi connectivity index (χ2v) is 5.48. The molecular formula is C13H24ClN3O2. The third-order valence-corrected chi connectivity index (χ3v) is 3.81. The van der Waals surface area contributed by atoms with Crippen molar-refractivity contribution in [2.24, 2.45) is 0 Å². The van der Waals surface area contributed by atoms with Crippen molar-refractivity contribution in [3.05, 3.63) is 0 Å². The lowest BCUT2D eigenvalue weighted by molar-refractivity contribution is -0.134. The molecule has 0 aromatic carbocycles. The molecule has 5 nitrogen and oxygen atoms in total. The molecule has 0 spiro atoms. The first-order valence-corrected chi connectivity index (χ1v) is 6.94. The van der Waals surface area contributed by atoms with E-state index in [1.807, 2.05) is 18.7 Å². The molecule has 0 aliphatic carbocycles. The minimum Gasteiger partial charge on any atom is -0.343 e. The molecule has 2 rings (SSSR count). The average Bonchev–Trinajstić information content (AvgIpc) is 2.72. The van der Waals surface area contributed by atoms with Crippen LogP contribution < -0.4 is 10.6 Å². The summed E-state index contributed by atoms with van der Waals surface area (Å²) in [5, 5.41) is 6.10. The molecule has 2 atom stereocenters. The minimum absolute atomic E-state index is 0. The first kappa shape index (κ1) is 16.2. The van der Waals surface area contributed by atoms with Gasteiger partial charge in [0.15, 0.2) is 0 Å². The molecule has 2 amide bonds. The Labute approximate surface area is 120 Å². The van der Waals surface area contributed by atoms with Gasteiger partial charge < -0.3 is 15.5 Å². The van der Waals surface area contributed by atoms with Crippen LogP contribution in [-0.4, -0.2) is 47.9 Å². The number of likely N-dealkylation sites (tertiary alicyclic amines) is 1. The van der Waals surface area contributed by atoms with Gasteiger partial charge >= 0.3 is 0 Å². The van der Waals surface area contributed by atoms with Crippen molar-refractivity contribution in [1.29, 1.82) is 0 Å². The van der Waals surface area contributed by atoms with E-state index in [0.717, 1.165) is 38.8 Å². The lowest BCUT2D eigenvalue weighted by atomic mass is 10.0. The van der Waals surface area contributed by atoms with E-state index in [9.17, 15) is 9.59 Å². The molecule has 2 saturated heterocycles. The van der Waals surface area contributed by atoms with Crippen molar-refractivity contribution >= 4 is 24.2 Å². The summed E-state index contributed by atoms with van der Waals surface area (Å²) in [5.74, 6) is 0.0489. The minimum atomic E-state index is -0.316. The van der Waals surface area contributed by atoms with Crippen molar-refractivity contribution in [3.63, 3.8) is 0 Å². The summed E-state index contributed by atoms with van der Waals surface area (Å²) in [4.78, 5) is 25.9. The van der Waals surface area contributed by atoms with Crippen LogP contribution in [0.3, 0.4) is 0 Å². The van der Waals surface area contributed by atoms with Crippen LogP contribution in [0.4, 0.5) is 0 Å². The molecule has 2 unspecified atom stereocenters. The highest BCUT2D eigenvalue weighted by molar-refractivity contribution is 5.91. The van der Waals surface area contributed by atoms with E-state index in [1.165, 1.54) is 0 Å². The van der Waals surface area contributed by atoms with Gasteiger partial charge in [-0.25, -0.2) is 0 Å². The molecule has 110 valence electrons. The fourth-order valence-electron chi connectivity index (χ4n) is 2.70. The Morgan fingerprint density at radius 3 is 2.63 bits per heavy atom. The summed E-state index contributed by atoms with van der Waals surface area (Å²) in [6.07, 6.45) is 3.82. The number of piperidine rings is 1. The predicted molar refractivity (Wildman–Crippen MR) is 76.3 cm³/mol. The number of nitrogens with zero attached hydrogens (tertiary/aromatic N) is 1. The molecular weight excluding hydrogens is 266 g/mol. The standard InChI is InChI=1S/C13H23N3O2.ClH/c1-9(2)16-8-6-11(13(16)18)15-12(17)10-5-3-4-7-14-10;/h9-11,14H,3-8H2,1-2H3,(H,15,17);1H. The van der Waals surface area contributed by atoms with Crippen LogP contribution in [0.5, 0.6) is 0 Å². The molecule has 2 heterocycles. The summed E-state index contributed by atoms with van der Waals surface area (Å²) in [6.45, 7) is 5.66. The Morgan fingerprint density at radius 2 is 2.11 bits per heavy atom. The van der Waals surface area contributed by atoms with Gasteiger partial charge in [0, 0.05) is 12.6 Å². The largest absolute Gasteiger partial charge is 0.343 e. The molecule has 2 fully saturated rings. The topological polar surface area (TPSA) is 61.4 Å². The fraction of sp³-hybridized carbons (Fsp3) is 0.846. The van der Waals surface area contributed by atoms with Crippen molar-refractivity contribution in [2.45, 2.75) is 57.7 Å². The van der Waals surface area contributed by atoms with Gasteiger partial charge in [0.25, 0.3) is 0 Å². The maximum atomic E-state index is 12.1. The second-order valence-electron chi connectivity index (χ2n) is 5.48. The monoisotopic (exact) mass is 289 g/mol. The maximum absolute atomic E-state index is 12.1. The highest BCUT2D eigenvalue weighted by atomic mass is 35.5. The second kappa shape index (κ2) is 7.10. The summed E-state index contributed by atoms with van der Waals surface area (Å²) >= 11 is 0. The zero-order valence-corrected chi connectivity index (χ0v) is 12.5. The average molecular weight is 290 g/mol. The third kappa shape index (κ3) is 3.83. The fourth-order valence-corrected chi connectivity index (χ4v) is 2.70. The van der Waals surface area contributed by atoms with E-state index >= 15 is 0 Å². The molecule has 2 aliphatic rings. The predicted octanol–water partition coefficient (Wildman–Crippen LogP) is 0.676. The van der Waals surface area contributed by atoms with Crippen molar-refractivity contribution in [2.75, 3.05) is 13.1 Å². The Hall–Kier alpha value is -0.810. The van der Waals surface area contributed by atoms with Crippen molar-refractivity contribution < 1.29 is 9.59 Å². The van der Waals surface area contributed by atoms with Crippen LogP contribution in [0.25, 0.3) is 0 Å². The molecule has 0 aromatic heterocycles. The van der Waals surface area contributed by atoms with Gasteiger partial charge in [-0.3, -0.25) is 9.59 Å². The van der Waals surface area contributed by atoms with Gasteiger partial charge in [-0.05, 0) is 39.7 Å². The summed E-state index contributed by atoms with van der Waals surface area (Å²) in [7, 11) is 0. The molecule has 0 bridgehead atoms. The zero-order valence-electron chi connectivity index (χ0n) is 11.6. The van der Waals surface area contributed by atoms with Gasteiger partial charge in [-0.15, -0.1) is 12.4 Å². The number of amides is 2. The van der Waals surface area contributed by atoms with Crippen LogP contribution in [0.1, 0.15) is 39.5 Å². The lowest BCUT2D eigenvalue weighted by Crippen LogP contribution is -2.51. The van der Waals surface area contributed by atoms with Crippen LogP contribution in [-0.2, 0) is 9.59 Å². The van der Waals surface area contributed by atoms with Gasteiger partial charge in [-0.2, -0.15) is 0 Å². The summed E-state index contributed by atoms with van der Waals surface area (Å²) < 4.78 is 0. The van der Waals surface area contributed by atoms with E-state index in [1.54, 1.807) is 0 Å². The summed E-state index contributed by atoms with van der Waals surface area (Å²) in [5.41, 5.74) is 0. The molecule has 0 saturated carbocycles. The number of hydrogen-bond donors (Lipinski definition) is 2. The van der Waals surface area contributed by atoms with Crippen LogP contribution in [0.15, 0.2) is 0 Å². The number of carbonyl (C=O) groups is 2. The van der Waals surface area contributed by atoms with Crippen LogP contribution in [0.2, 0.25) is 0 Å². The number of halogens is 1. The third-order valence-electron chi connectivity index (χ3n) is 3.81. The number of hydrogen-bond acceptors (Lipinski definition) is 3. The highest BCUT2D eigenvalue weighted by Gasteiger charge is 2.35. The molecule has 2 aliphatic heterocycles. The quantitative estimate of drug-likeness (QED) is 0.803. The van der Waals surface area contributed by atoms with Crippen LogP contribution >= 0.6 is 12.4 Å². The zero-order chi connectivity index (χ0) is 13.1. The first-order valence-electron chi connectivity index (χ1n) is 6.94. The molecule has 6 heteroatoms. The summed E-state index contributed by atoms with van der Waals surface area (Å²) in [6, 6.07) is -0.213. The number of carbonyl (C=O) groups excluding carboxylic acids is 2. The molecule has 2 N–H and O–H groups in total. The van der Waals surface area contributed by atoms with E-state index < -0.39 is 0 Å². The molecule has 0 aromatic rings. The number of rotatable bonds is 3. The lowest BCUT2D eigenvalue weighted by Gasteiger charge is -2.25. The van der Waals surface area contributed by atoms with E-state index in [4.69, 9.17) is 0 Å². The van der Waals surface area contributed by atoms with Gasteiger partial charge in [0.2, 0.25) is 11.8 Å². The Kier molecular flexibility index (Phi) is 6.07. The molecule has 19 heavy (non-hydrogen) atoms. The van der Waals surface area contributed by atoms with Gasteiger partial charge in [-0.1, -0.05) is 6.42 Å². The van der Waals surface area contributed by atoms with Gasteiger partial charge in [0.1, 0.15) is 6.04 Å². The number of nitrogens with one attached hydrogen (secondary N) is 2. The van der Waals surface area contributed by atoms with Crippen LogP contribution in [0, 0.1) is 0 Å². The first-order chi connectivity index (χ1) is 8.59. The van der Waals surface area contributed by atoms with Crippen molar-refractivity contribution in [3.8, 4) is 0 Å². The van der Waals surface area contributed by atoms with E-state index in [2.05, 4.69) is 10.6 Å². The Bertz CT molecular complexity index is 330. The highest BCUT2D eigenvalue weighted by Crippen LogP contribution is 2.15. The normalized spacial score (nSPS) is 27.3. The Morgan fingerprint density at radius 1 is 1.37 bits per heavy atom. The SMILES string of the molecule is CC(C)N1CCC(NC(=O)C2CCCCN2)C1=O.Cl. The Balaban J connectivity index is 0.00000180. The maximum Gasteiger partial charge on any atom is 0.245 e.